The van der Waals surface area contributed by atoms with E-state index in [2.05, 4.69) is 56.5 Å². The number of aliphatic imine (C=N–C) groups is 1. The summed E-state index contributed by atoms with van der Waals surface area (Å²) < 4.78 is 1.84. The number of nitrogens with one attached hydrogen (secondary N) is 1. The number of nitrogens with zero attached hydrogens (tertiary/aromatic N) is 6. The maximum absolute atomic E-state index is 13.5. The zero-order valence-corrected chi connectivity index (χ0v) is 22.7. The number of pyridine rings is 1. The molecule has 1 aromatic carbocycles. The van der Waals surface area contributed by atoms with Crippen molar-refractivity contribution in [3.8, 4) is 11.3 Å². The molecule has 1 fully saturated rings. The van der Waals surface area contributed by atoms with Crippen LogP contribution < -0.4 is 10.2 Å². The summed E-state index contributed by atoms with van der Waals surface area (Å²) in [5.74, 6) is -0.945. The molecule has 0 radical (unpaired) electrons. The molecular weight excluding hydrogens is 478 g/mol. The normalized spacial score (nSPS) is 18.6. The number of anilines is 1. The lowest BCUT2D eigenvalue weighted by molar-refractivity contribution is -0.120. The van der Waals surface area contributed by atoms with Crippen molar-refractivity contribution in [2.45, 2.75) is 33.7 Å². The van der Waals surface area contributed by atoms with Crippen LogP contribution in [0.4, 0.5) is 5.69 Å². The van der Waals surface area contributed by atoms with Gasteiger partial charge in [0.1, 0.15) is 0 Å². The molecule has 1 unspecified atom stereocenters. The summed E-state index contributed by atoms with van der Waals surface area (Å²) in [5, 5.41) is 8.17. The highest BCUT2D eigenvalue weighted by molar-refractivity contribution is 6.08. The van der Waals surface area contributed by atoms with Crippen LogP contribution in [-0.2, 0) is 4.79 Å². The third-order valence-corrected chi connectivity index (χ3v) is 7.37. The van der Waals surface area contributed by atoms with E-state index in [1.165, 1.54) is 5.69 Å². The summed E-state index contributed by atoms with van der Waals surface area (Å²) in [5.41, 5.74) is 5.57. The second kappa shape index (κ2) is 10.5. The van der Waals surface area contributed by atoms with E-state index in [0.29, 0.717) is 28.0 Å². The monoisotopic (exact) mass is 513 g/mol. The fourth-order valence-electron chi connectivity index (χ4n) is 5.09. The molecule has 2 aromatic heterocycles. The Morgan fingerprint density at radius 3 is 2.47 bits per heavy atom. The zero-order chi connectivity index (χ0) is 27.0. The lowest BCUT2D eigenvalue weighted by atomic mass is 9.95. The maximum atomic E-state index is 13.5. The van der Waals surface area contributed by atoms with Crippen molar-refractivity contribution in [2.24, 2.45) is 10.9 Å². The van der Waals surface area contributed by atoms with E-state index in [0.717, 1.165) is 37.3 Å². The first-order valence-corrected chi connectivity index (χ1v) is 13.2. The molecule has 0 spiro atoms. The Kier molecular flexibility index (Phi) is 7.12. The second-order valence-corrected chi connectivity index (χ2v) is 10.6. The van der Waals surface area contributed by atoms with E-state index >= 15 is 0 Å². The van der Waals surface area contributed by atoms with E-state index in [1.54, 1.807) is 13.1 Å². The van der Waals surface area contributed by atoms with E-state index in [4.69, 9.17) is 4.98 Å². The molecule has 2 aliphatic rings. The first kappa shape index (κ1) is 25.8. The average Bonchev–Trinajstić information content (AvgIpc) is 3.32. The van der Waals surface area contributed by atoms with Gasteiger partial charge in [0.2, 0.25) is 0 Å². The fourth-order valence-corrected chi connectivity index (χ4v) is 5.09. The number of likely N-dealkylation sites (N-methyl/N-ethyl adjacent to an activating group) is 1. The number of dihydropyridines is 1. The van der Waals surface area contributed by atoms with Crippen LogP contribution in [0.25, 0.3) is 22.3 Å². The minimum absolute atomic E-state index is 0.0829. The van der Waals surface area contributed by atoms with Gasteiger partial charge >= 0.3 is 0 Å². The van der Waals surface area contributed by atoms with Crippen LogP contribution >= 0.6 is 0 Å². The fraction of sp³-hybridized carbons (Fsp3) is 0.414. The van der Waals surface area contributed by atoms with Gasteiger partial charge in [-0.05, 0) is 59.0 Å². The summed E-state index contributed by atoms with van der Waals surface area (Å²) >= 11 is 0. The second-order valence-electron chi connectivity index (χ2n) is 10.6. The van der Waals surface area contributed by atoms with Gasteiger partial charge in [0.15, 0.2) is 5.65 Å². The Bertz CT molecular complexity index is 1430. The standard InChI is InChI=1S/C29H35N7O2/c1-18(2)36-27-25(17-31-36)23(28(37)30-16-24-19(3)14-20(4)32-29(24)38)15-26(33-27)21-6-8-22(9-7-21)35-12-10-34(5)11-13-35/h6-9,14-15,17-18,24H,10-13,16H2,1-5H3,(H,30,37). The Hall–Kier alpha value is -3.85. The number of amides is 2. The number of hydrogen-bond donors (Lipinski definition) is 1. The molecule has 0 aliphatic carbocycles. The third-order valence-electron chi connectivity index (χ3n) is 7.37. The first-order chi connectivity index (χ1) is 18.2. The van der Waals surface area contributed by atoms with Gasteiger partial charge in [-0.2, -0.15) is 5.10 Å². The number of aromatic nitrogens is 3. The predicted molar refractivity (Wildman–Crippen MR) is 151 cm³/mol. The molecule has 198 valence electrons. The highest BCUT2D eigenvalue weighted by Crippen LogP contribution is 2.28. The Morgan fingerprint density at radius 2 is 1.82 bits per heavy atom. The summed E-state index contributed by atoms with van der Waals surface area (Å²) in [4.78, 5) is 39.6. The zero-order valence-electron chi connectivity index (χ0n) is 22.7. The molecule has 9 heteroatoms. The van der Waals surface area contributed by atoms with Crippen molar-refractivity contribution >= 4 is 34.2 Å². The van der Waals surface area contributed by atoms with Crippen molar-refractivity contribution in [1.29, 1.82) is 0 Å². The van der Waals surface area contributed by atoms with Crippen LogP contribution in [0, 0.1) is 5.92 Å². The lowest BCUT2D eigenvalue weighted by Crippen LogP contribution is -2.44. The van der Waals surface area contributed by atoms with Gasteiger partial charge in [-0.1, -0.05) is 17.7 Å². The van der Waals surface area contributed by atoms with E-state index in [-0.39, 0.29) is 24.4 Å². The third kappa shape index (κ3) is 5.11. The molecule has 2 aliphatic heterocycles. The number of allylic oxidation sites excluding steroid dienone is 1. The molecule has 1 atom stereocenters. The number of benzene rings is 1. The summed E-state index contributed by atoms with van der Waals surface area (Å²) in [6.07, 6.45) is 3.58. The quantitative estimate of drug-likeness (QED) is 0.540. The average molecular weight is 514 g/mol. The maximum Gasteiger partial charge on any atom is 0.254 e. The van der Waals surface area contributed by atoms with E-state index < -0.39 is 5.92 Å². The highest BCUT2D eigenvalue weighted by atomic mass is 16.2. The molecule has 0 bridgehead atoms. The lowest BCUT2D eigenvalue weighted by Gasteiger charge is -2.34. The first-order valence-electron chi connectivity index (χ1n) is 13.2. The van der Waals surface area contributed by atoms with Crippen molar-refractivity contribution in [1.82, 2.24) is 25.0 Å². The minimum atomic E-state index is -0.458. The van der Waals surface area contributed by atoms with Crippen LogP contribution in [0.15, 0.2) is 53.2 Å². The Balaban J connectivity index is 1.44. The van der Waals surface area contributed by atoms with Gasteiger partial charge in [0, 0.05) is 55.7 Å². The molecule has 38 heavy (non-hydrogen) atoms. The van der Waals surface area contributed by atoms with E-state index in [1.807, 2.05) is 37.6 Å². The van der Waals surface area contributed by atoms with Gasteiger partial charge in [-0.15, -0.1) is 0 Å². The minimum Gasteiger partial charge on any atom is -0.369 e. The summed E-state index contributed by atoms with van der Waals surface area (Å²) in [6.45, 7) is 12.1. The van der Waals surface area contributed by atoms with Crippen LogP contribution in [-0.4, -0.2) is 77.0 Å². The van der Waals surface area contributed by atoms with Gasteiger partial charge in [0.25, 0.3) is 11.8 Å². The Labute approximate surface area is 223 Å². The molecule has 4 heterocycles. The van der Waals surface area contributed by atoms with Crippen molar-refractivity contribution in [3.05, 3.63) is 53.7 Å². The molecule has 5 rings (SSSR count). The molecule has 9 nitrogen and oxygen atoms in total. The van der Waals surface area contributed by atoms with Crippen LogP contribution in [0.3, 0.4) is 0 Å². The number of piperazine rings is 1. The number of carbonyl (C=O) groups is 2. The van der Waals surface area contributed by atoms with Gasteiger partial charge in [-0.3, -0.25) is 9.59 Å². The van der Waals surface area contributed by atoms with Gasteiger partial charge < -0.3 is 15.1 Å². The van der Waals surface area contributed by atoms with Crippen LogP contribution in [0.5, 0.6) is 0 Å². The predicted octanol–water partition coefficient (Wildman–Crippen LogP) is 3.72. The smallest absolute Gasteiger partial charge is 0.254 e. The molecule has 1 saturated heterocycles. The van der Waals surface area contributed by atoms with Crippen molar-refractivity contribution < 1.29 is 9.59 Å². The largest absolute Gasteiger partial charge is 0.369 e. The van der Waals surface area contributed by atoms with Crippen molar-refractivity contribution in [3.63, 3.8) is 0 Å². The van der Waals surface area contributed by atoms with E-state index in [9.17, 15) is 9.59 Å². The molecule has 3 aromatic rings. The number of hydrogen-bond acceptors (Lipinski definition) is 6. The SMILES string of the molecule is CC1=CC(C)=NC(=O)C1CNC(=O)c1cc(-c2ccc(N3CCN(C)CC3)cc2)nc2c1cnn2C(C)C. The summed E-state index contributed by atoms with van der Waals surface area (Å²) in [6, 6.07) is 10.3. The molecule has 0 saturated carbocycles. The number of rotatable bonds is 6. The highest BCUT2D eigenvalue weighted by Gasteiger charge is 2.25. The number of carbonyl (C=O) groups excluding carboxylic acids is 2. The Morgan fingerprint density at radius 1 is 1.11 bits per heavy atom. The summed E-state index contributed by atoms with van der Waals surface area (Å²) in [7, 11) is 2.15. The molecule has 2 amide bonds. The van der Waals surface area contributed by atoms with Gasteiger partial charge in [-0.25, -0.2) is 14.7 Å². The van der Waals surface area contributed by atoms with Gasteiger partial charge in [0.05, 0.1) is 28.8 Å². The van der Waals surface area contributed by atoms with Crippen molar-refractivity contribution in [2.75, 3.05) is 44.7 Å². The number of fused-ring (bicyclic) bond motifs is 1. The van der Waals surface area contributed by atoms with Crippen LogP contribution in [0.1, 0.15) is 44.1 Å². The van der Waals surface area contributed by atoms with Crippen LogP contribution in [0.2, 0.25) is 0 Å². The molecular formula is C29H35N7O2. The molecule has 1 N–H and O–H groups in total. The topological polar surface area (TPSA) is 95.7 Å².